The van der Waals surface area contributed by atoms with Crippen LogP contribution >= 0.6 is 0 Å². The molecule has 1 unspecified atom stereocenters. The third-order valence-electron chi connectivity index (χ3n) is 4.13. The number of amides is 1. The van der Waals surface area contributed by atoms with Crippen LogP contribution in [0.15, 0.2) is 30.3 Å². The van der Waals surface area contributed by atoms with Crippen molar-refractivity contribution in [3.8, 4) is 0 Å². The van der Waals surface area contributed by atoms with Crippen LogP contribution in [-0.4, -0.2) is 31.4 Å². The zero-order chi connectivity index (χ0) is 17.3. The third-order valence-corrected chi connectivity index (χ3v) is 6.04. The molecule has 1 aromatic carbocycles. The molecule has 1 heterocycles. The Hall–Kier alpha value is -1.62. The van der Waals surface area contributed by atoms with Crippen molar-refractivity contribution < 1.29 is 13.2 Å². The lowest BCUT2D eigenvalue weighted by Gasteiger charge is -2.22. The van der Waals surface area contributed by atoms with E-state index in [2.05, 4.69) is 38.2 Å². The van der Waals surface area contributed by atoms with Gasteiger partial charge in [-0.05, 0) is 36.0 Å². The van der Waals surface area contributed by atoms with E-state index >= 15 is 0 Å². The monoisotopic (exact) mass is 335 g/mol. The highest BCUT2D eigenvalue weighted by Crippen LogP contribution is 2.23. The SMILES string of the molecule is CC1(NC(=O)/C=C/c2ccc(C(C)(C)C)cc2)CCS(=O)(=O)C1. The van der Waals surface area contributed by atoms with Gasteiger partial charge in [-0.2, -0.15) is 0 Å². The molecule has 1 saturated heterocycles. The fourth-order valence-electron chi connectivity index (χ4n) is 2.71. The molecule has 0 aliphatic carbocycles. The lowest BCUT2D eigenvalue weighted by Crippen LogP contribution is -2.46. The number of benzene rings is 1. The average Bonchev–Trinajstić information content (AvgIpc) is 2.69. The molecule has 1 aromatic rings. The van der Waals surface area contributed by atoms with Gasteiger partial charge in [-0.25, -0.2) is 8.42 Å². The Bertz CT molecular complexity index is 712. The van der Waals surface area contributed by atoms with Crippen LogP contribution in [0.25, 0.3) is 6.08 Å². The van der Waals surface area contributed by atoms with Crippen molar-refractivity contribution in [2.24, 2.45) is 0 Å². The maximum absolute atomic E-state index is 12.0. The summed E-state index contributed by atoms with van der Waals surface area (Å²) in [6, 6.07) is 8.07. The normalized spacial score (nSPS) is 24.0. The van der Waals surface area contributed by atoms with E-state index in [4.69, 9.17) is 0 Å². The summed E-state index contributed by atoms with van der Waals surface area (Å²) in [4.78, 5) is 12.0. The molecule has 5 heteroatoms. The lowest BCUT2D eigenvalue weighted by atomic mass is 9.87. The van der Waals surface area contributed by atoms with Crippen LogP contribution in [-0.2, 0) is 20.0 Å². The number of hydrogen-bond acceptors (Lipinski definition) is 3. The fourth-order valence-corrected chi connectivity index (χ4v) is 4.81. The minimum absolute atomic E-state index is 0.0137. The van der Waals surface area contributed by atoms with Crippen molar-refractivity contribution in [3.05, 3.63) is 41.5 Å². The molecule has 0 spiro atoms. The summed E-state index contributed by atoms with van der Waals surface area (Å²) < 4.78 is 23.1. The first-order valence-electron chi connectivity index (χ1n) is 7.80. The van der Waals surface area contributed by atoms with Gasteiger partial charge in [0, 0.05) is 6.08 Å². The largest absolute Gasteiger partial charge is 0.346 e. The maximum Gasteiger partial charge on any atom is 0.244 e. The van der Waals surface area contributed by atoms with Gasteiger partial charge >= 0.3 is 0 Å². The molecule has 4 nitrogen and oxygen atoms in total. The van der Waals surface area contributed by atoms with Gasteiger partial charge in [0.1, 0.15) is 0 Å². The molecule has 0 saturated carbocycles. The predicted octanol–water partition coefficient (Wildman–Crippen LogP) is 2.69. The summed E-state index contributed by atoms with van der Waals surface area (Å²) in [5.74, 6) is -0.105. The smallest absolute Gasteiger partial charge is 0.244 e. The summed E-state index contributed by atoms with van der Waals surface area (Å²) in [5.41, 5.74) is 1.62. The molecule has 126 valence electrons. The second-order valence-electron chi connectivity index (χ2n) is 7.60. The first kappa shape index (κ1) is 17.7. The number of hydrogen-bond donors (Lipinski definition) is 1. The quantitative estimate of drug-likeness (QED) is 0.864. The average molecular weight is 335 g/mol. The summed E-state index contributed by atoms with van der Waals surface area (Å²) in [6.07, 6.45) is 3.67. The van der Waals surface area contributed by atoms with E-state index in [9.17, 15) is 13.2 Å². The third kappa shape index (κ3) is 4.93. The highest BCUT2D eigenvalue weighted by molar-refractivity contribution is 7.91. The van der Waals surface area contributed by atoms with Gasteiger partial charge < -0.3 is 5.32 Å². The summed E-state index contributed by atoms with van der Waals surface area (Å²) in [7, 11) is -3.02. The van der Waals surface area contributed by atoms with Crippen molar-refractivity contribution in [2.75, 3.05) is 11.5 Å². The zero-order valence-corrected chi connectivity index (χ0v) is 15.0. The molecule has 1 N–H and O–H groups in total. The van der Waals surface area contributed by atoms with Crippen LogP contribution in [0.5, 0.6) is 0 Å². The Morgan fingerprint density at radius 3 is 2.30 bits per heavy atom. The Labute approximate surface area is 138 Å². The predicted molar refractivity (Wildman–Crippen MR) is 94.0 cm³/mol. The highest BCUT2D eigenvalue weighted by Gasteiger charge is 2.39. The zero-order valence-electron chi connectivity index (χ0n) is 14.2. The van der Waals surface area contributed by atoms with Gasteiger partial charge in [-0.1, -0.05) is 45.0 Å². The van der Waals surface area contributed by atoms with Gasteiger partial charge in [0.25, 0.3) is 0 Å². The molecule has 0 aromatic heterocycles. The van der Waals surface area contributed by atoms with E-state index in [0.29, 0.717) is 6.42 Å². The number of carbonyl (C=O) groups excluding carboxylic acids is 1. The van der Waals surface area contributed by atoms with Crippen LogP contribution in [0.4, 0.5) is 0 Å². The minimum Gasteiger partial charge on any atom is -0.346 e. The standard InChI is InChI=1S/C18H25NO3S/c1-17(2,3)15-8-5-14(6-9-15)7-10-16(20)19-18(4)11-12-23(21,22)13-18/h5-10H,11-13H2,1-4H3,(H,19,20)/b10-7+. The van der Waals surface area contributed by atoms with Crippen LogP contribution in [0.1, 0.15) is 45.2 Å². The topological polar surface area (TPSA) is 63.2 Å². The van der Waals surface area contributed by atoms with Gasteiger partial charge in [0.2, 0.25) is 5.91 Å². The molecule has 0 bridgehead atoms. The molecule has 1 aliphatic heterocycles. The van der Waals surface area contributed by atoms with E-state index in [1.54, 1.807) is 13.0 Å². The van der Waals surface area contributed by atoms with Gasteiger partial charge in [0.05, 0.1) is 17.0 Å². The summed E-state index contributed by atoms with van der Waals surface area (Å²) >= 11 is 0. The molecule has 23 heavy (non-hydrogen) atoms. The molecule has 2 rings (SSSR count). The van der Waals surface area contributed by atoms with Crippen LogP contribution in [0.3, 0.4) is 0 Å². The van der Waals surface area contributed by atoms with E-state index < -0.39 is 15.4 Å². The van der Waals surface area contributed by atoms with Crippen molar-refractivity contribution >= 4 is 21.8 Å². The first-order chi connectivity index (χ1) is 10.5. The number of nitrogens with one attached hydrogen (secondary N) is 1. The van der Waals surface area contributed by atoms with E-state index in [1.165, 1.54) is 11.6 Å². The second kappa shape index (κ2) is 6.11. The van der Waals surface area contributed by atoms with Crippen LogP contribution in [0.2, 0.25) is 0 Å². The van der Waals surface area contributed by atoms with E-state index in [1.807, 2.05) is 12.1 Å². The van der Waals surface area contributed by atoms with E-state index in [0.717, 1.165) is 5.56 Å². The summed E-state index contributed by atoms with van der Waals surface area (Å²) in [5, 5.41) is 2.81. The molecule has 1 aliphatic rings. The molecule has 1 amide bonds. The van der Waals surface area contributed by atoms with Gasteiger partial charge in [0.15, 0.2) is 9.84 Å². The van der Waals surface area contributed by atoms with Crippen molar-refractivity contribution in [1.29, 1.82) is 0 Å². The Balaban J connectivity index is 1.99. The van der Waals surface area contributed by atoms with E-state index in [-0.39, 0.29) is 22.8 Å². The fraction of sp³-hybridized carbons (Fsp3) is 0.500. The van der Waals surface area contributed by atoms with Crippen molar-refractivity contribution in [2.45, 2.75) is 45.1 Å². The first-order valence-corrected chi connectivity index (χ1v) is 9.63. The van der Waals surface area contributed by atoms with Gasteiger partial charge in [-0.3, -0.25) is 4.79 Å². The Morgan fingerprint density at radius 1 is 1.22 bits per heavy atom. The highest BCUT2D eigenvalue weighted by atomic mass is 32.2. The number of rotatable bonds is 3. The summed E-state index contributed by atoms with van der Waals surface area (Å²) in [6.45, 7) is 8.24. The molecular weight excluding hydrogens is 310 g/mol. The maximum atomic E-state index is 12.0. The molecule has 1 fully saturated rings. The van der Waals surface area contributed by atoms with Crippen molar-refractivity contribution in [3.63, 3.8) is 0 Å². The second-order valence-corrected chi connectivity index (χ2v) is 9.78. The minimum atomic E-state index is -3.02. The van der Waals surface area contributed by atoms with Crippen LogP contribution < -0.4 is 5.32 Å². The molecule has 1 atom stereocenters. The molecular formula is C18H25NO3S. The van der Waals surface area contributed by atoms with Crippen LogP contribution in [0, 0.1) is 0 Å². The van der Waals surface area contributed by atoms with Gasteiger partial charge in [-0.15, -0.1) is 0 Å². The Morgan fingerprint density at radius 2 is 1.83 bits per heavy atom. The number of carbonyl (C=O) groups is 1. The lowest BCUT2D eigenvalue weighted by molar-refractivity contribution is -0.117. The van der Waals surface area contributed by atoms with Crippen molar-refractivity contribution in [1.82, 2.24) is 5.32 Å². The molecule has 0 radical (unpaired) electrons. The Kier molecular flexibility index (Phi) is 4.71. The number of sulfone groups is 1.